The van der Waals surface area contributed by atoms with Gasteiger partial charge < -0.3 is 0 Å². The Labute approximate surface area is 124 Å². The molecule has 0 aliphatic carbocycles. The molecule has 0 radical (unpaired) electrons. The maximum absolute atomic E-state index is 13.9. The SMILES string of the molecule is CC(C)(C)N1C[C@@H](C#N)[C@@H](c2ccc(F)cc2F)C1.Cl. The molecule has 0 amide bonds. The first kappa shape index (κ1) is 16.9. The van der Waals surface area contributed by atoms with Crippen LogP contribution < -0.4 is 0 Å². The molecule has 0 saturated carbocycles. The molecule has 1 saturated heterocycles. The molecule has 0 N–H and O–H groups in total. The lowest BCUT2D eigenvalue weighted by molar-refractivity contribution is 0.170. The van der Waals surface area contributed by atoms with Crippen molar-refractivity contribution >= 4 is 12.4 Å². The molecule has 2 atom stereocenters. The topological polar surface area (TPSA) is 27.0 Å². The van der Waals surface area contributed by atoms with Crippen LogP contribution in [0.1, 0.15) is 32.3 Å². The highest BCUT2D eigenvalue weighted by atomic mass is 35.5. The van der Waals surface area contributed by atoms with Crippen molar-refractivity contribution in [2.24, 2.45) is 5.92 Å². The summed E-state index contributed by atoms with van der Waals surface area (Å²) in [5, 5.41) is 9.25. The summed E-state index contributed by atoms with van der Waals surface area (Å²) in [5.74, 6) is -1.58. The number of likely N-dealkylation sites (tertiary alicyclic amines) is 1. The van der Waals surface area contributed by atoms with E-state index in [1.807, 2.05) is 0 Å². The number of nitriles is 1. The molecule has 110 valence electrons. The van der Waals surface area contributed by atoms with Gasteiger partial charge in [0, 0.05) is 30.6 Å². The van der Waals surface area contributed by atoms with Crippen LogP contribution >= 0.6 is 12.4 Å². The molecule has 1 fully saturated rings. The van der Waals surface area contributed by atoms with Gasteiger partial charge in [-0.1, -0.05) is 6.07 Å². The molecule has 1 heterocycles. The van der Waals surface area contributed by atoms with E-state index in [1.54, 1.807) is 0 Å². The lowest BCUT2D eigenvalue weighted by Gasteiger charge is -2.31. The standard InChI is InChI=1S/C15H18F2N2.ClH/c1-15(2,3)19-8-10(7-18)13(9-19)12-5-4-11(16)6-14(12)17;/h4-6,10,13H,8-9H2,1-3H3;1H/t10-,13+;/m1./s1. The van der Waals surface area contributed by atoms with Crippen LogP contribution in [-0.2, 0) is 0 Å². The fraction of sp³-hybridized carbons (Fsp3) is 0.533. The van der Waals surface area contributed by atoms with E-state index in [0.717, 1.165) is 6.07 Å². The molecule has 1 aromatic carbocycles. The Morgan fingerprint density at radius 2 is 1.90 bits per heavy atom. The van der Waals surface area contributed by atoms with Crippen LogP contribution in [0.25, 0.3) is 0 Å². The maximum atomic E-state index is 13.9. The number of halogens is 3. The minimum absolute atomic E-state index is 0. The van der Waals surface area contributed by atoms with Crippen LogP contribution in [0.3, 0.4) is 0 Å². The molecule has 0 aromatic heterocycles. The predicted octanol–water partition coefficient (Wildman–Crippen LogP) is 3.72. The molecule has 2 nitrogen and oxygen atoms in total. The van der Waals surface area contributed by atoms with E-state index in [2.05, 4.69) is 31.7 Å². The third-order valence-corrected chi connectivity index (χ3v) is 3.80. The molecule has 1 aliphatic rings. The molecule has 0 spiro atoms. The van der Waals surface area contributed by atoms with Gasteiger partial charge in [-0.05, 0) is 32.4 Å². The van der Waals surface area contributed by atoms with Crippen LogP contribution in [0, 0.1) is 28.9 Å². The second-order valence-electron chi connectivity index (χ2n) is 6.08. The van der Waals surface area contributed by atoms with Crippen molar-refractivity contribution in [2.45, 2.75) is 32.2 Å². The molecule has 5 heteroatoms. The van der Waals surface area contributed by atoms with E-state index in [4.69, 9.17) is 0 Å². The number of hydrogen-bond donors (Lipinski definition) is 0. The van der Waals surface area contributed by atoms with Crippen LogP contribution in [-0.4, -0.2) is 23.5 Å². The van der Waals surface area contributed by atoms with Crippen molar-refractivity contribution in [1.29, 1.82) is 5.26 Å². The number of hydrogen-bond acceptors (Lipinski definition) is 2. The van der Waals surface area contributed by atoms with E-state index >= 15 is 0 Å². The van der Waals surface area contributed by atoms with E-state index < -0.39 is 11.6 Å². The molecule has 0 bridgehead atoms. The Morgan fingerprint density at radius 3 is 2.40 bits per heavy atom. The zero-order chi connectivity index (χ0) is 14.2. The Hall–Kier alpha value is -1.18. The Bertz CT molecular complexity index is 520. The highest BCUT2D eigenvalue weighted by Crippen LogP contribution is 2.36. The van der Waals surface area contributed by atoms with Crippen molar-refractivity contribution in [3.05, 3.63) is 35.4 Å². The van der Waals surface area contributed by atoms with Crippen LogP contribution in [0.4, 0.5) is 8.78 Å². The number of rotatable bonds is 1. The summed E-state index contributed by atoms with van der Waals surface area (Å²) in [7, 11) is 0. The molecule has 1 aliphatic heterocycles. The van der Waals surface area contributed by atoms with Gasteiger partial charge in [0.1, 0.15) is 11.6 Å². The zero-order valence-corrected chi connectivity index (χ0v) is 12.7. The van der Waals surface area contributed by atoms with Gasteiger partial charge in [-0.3, -0.25) is 4.90 Å². The molecule has 0 unspecified atom stereocenters. The Morgan fingerprint density at radius 1 is 1.25 bits per heavy atom. The van der Waals surface area contributed by atoms with Gasteiger partial charge in [-0.15, -0.1) is 12.4 Å². The normalized spacial score (nSPS) is 23.2. The van der Waals surface area contributed by atoms with Crippen LogP contribution in [0.15, 0.2) is 18.2 Å². The third kappa shape index (κ3) is 3.28. The van der Waals surface area contributed by atoms with E-state index in [9.17, 15) is 14.0 Å². The van der Waals surface area contributed by atoms with Gasteiger partial charge in [-0.25, -0.2) is 8.78 Å². The summed E-state index contributed by atoms with van der Waals surface area (Å²) in [5.41, 5.74) is 0.389. The first-order valence-corrected chi connectivity index (χ1v) is 6.42. The van der Waals surface area contributed by atoms with Crippen molar-refractivity contribution in [2.75, 3.05) is 13.1 Å². The highest BCUT2D eigenvalue weighted by molar-refractivity contribution is 5.85. The van der Waals surface area contributed by atoms with E-state index in [0.29, 0.717) is 18.7 Å². The monoisotopic (exact) mass is 300 g/mol. The second kappa shape index (κ2) is 6.07. The van der Waals surface area contributed by atoms with Crippen molar-refractivity contribution in [1.82, 2.24) is 4.90 Å². The van der Waals surface area contributed by atoms with E-state index in [1.165, 1.54) is 12.1 Å². The lowest BCUT2D eigenvalue weighted by atomic mass is 9.89. The number of benzene rings is 1. The summed E-state index contributed by atoms with van der Waals surface area (Å²) < 4.78 is 26.8. The smallest absolute Gasteiger partial charge is 0.129 e. The number of nitrogens with zero attached hydrogens (tertiary/aromatic N) is 2. The zero-order valence-electron chi connectivity index (χ0n) is 11.9. The first-order valence-electron chi connectivity index (χ1n) is 6.42. The average Bonchev–Trinajstić information content (AvgIpc) is 2.72. The van der Waals surface area contributed by atoms with Gasteiger partial charge in [0.2, 0.25) is 0 Å². The summed E-state index contributed by atoms with van der Waals surface area (Å²) in [6, 6.07) is 5.87. The van der Waals surface area contributed by atoms with Crippen molar-refractivity contribution < 1.29 is 8.78 Å². The second-order valence-corrected chi connectivity index (χ2v) is 6.08. The van der Waals surface area contributed by atoms with Gasteiger partial charge in [0.05, 0.1) is 12.0 Å². The van der Waals surface area contributed by atoms with Crippen molar-refractivity contribution in [3.8, 4) is 6.07 Å². The molecular formula is C15H19ClF2N2. The maximum Gasteiger partial charge on any atom is 0.129 e. The largest absolute Gasteiger partial charge is 0.297 e. The minimum atomic E-state index is -0.583. The quantitative estimate of drug-likeness (QED) is 0.790. The summed E-state index contributed by atoms with van der Waals surface area (Å²) in [6.07, 6.45) is 0. The Kier molecular flexibility index (Phi) is 5.12. The van der Waals surface area contributed by atoms with Gasteiger partial charge in [0.25, 0.3) is 0 Å². The summed E-state index contributed by atoms with van der Waals surface area (Å²) >= 11 is 0. The predicted molar refractivity (Wildman–Crippen MR) is 76.8 cm³/mol. The van der Waals surface area contributed by atoms with Crippen LogP contribution in [0.2, 0.25) is 0 Å². The molecule has 2 rings (SSSR count). The minimum Gasteiger partial charge on any atom is -0.297 e. The van der Waals surface area contributed by atoms with E-state index in [-0.39, 0.29) is 29.8 Å². The van der Waals surface area contributed by atoms with Gasteiger partial charge in [0.15, 0.2) is 0 Å². The third-order valence-electron chi connectivity index (χ3n) is 3.80. The fourth-order valence-corrected chi connectivity index (χ4v) is 2.60. The lowest BCUT2D eigenvalue weighted by Crippen LogP contribution is -2.39. The fourth-order valence-electron chi connectivity index (χ4n) is 2.60. The van der Waals surface area contributed by atoms with Crippen LogP contribution in [0.5, 0.6) is 0 Å². The average molecular weight is 301 g/mol. The molecule has 1 aromatic rings. The highest BCUT2D eigenvalue weighted by Gasteiger charge is 2.39. The summed E-state index contributed by atoms with van der Waals surface area (Å²) in [4.78, 5) is 2.17. The molecular weight excluding hydrogens is 282 g/mol. The van der Waals surface area contributed by atoms with Crippen molar-refractivity contribution in [3.63, 3.8) is 0 Å². The molecule has 20 heavy (non-hydrogen) atoms. The summed E-state index contributed by atoms with van der Waals surface area (Å²) in [6.45, 7) is 7.48. The first-order chi connectivity index (χ1) is 8.82. The van der Waals surface area contributed by atoms with Gasteiger partial charge in [-0.2, -0.15) is 5.26 Å². The Balaban J connectivity index is 0.00000200. The van der Waals surface area contributed by atoms with Gasteiger partial charge >= 0.3 is 0 Å².